The molecule has 2 atom stereocenters. The summed E-state index contributed by atoms with van der Waals surface area (Å²) in [6, 6.07) is 3.98. The molecule has 2 amide bonds. The molecule has 3 aliphatic rings. The van der Waals surface area contributed by atoms with Gasteiger partial charge in [0.2, 0.25) is 0 Å². The molecule has 2 aromatic rings. The van der Waals surface area contributed by atoms with Crippen molar-refractivity contribution in [2.45, 2.75) is 24.9 Å². The number of aromatic nitrogens is 2. The van der Waals surface area contributed by atoms with Crippen molar-refractivity contribution in [2.24, 2.45) is 18.9 Å². The quantitative estimate of drug-likeness (QED) is 0.700. The van der Waals surface area contributed by atoms with Crippen molar-refractivity contribution in [1.29, 1.82) is 0 Å². The van der Waals surface area contributed by atoms with Gasteiger partial charge in [-0.05, 0) is 42.9 Å². The van der Waals surface area contributed by atoms with Gasteiger partial charge in [-0.15, -0.1) is 0 Å². The molecule has 1 aliphatic carbocycles. The Morgan fingerprint density at radius 1 is 1.27 bits per heavy atom. The number of nitrogen functional groups attached to an aromatic ring is 1. The van der Waals surface area contributed by atoms with Gasteiger partial charge < -0.3 is 25.4 Å². The summed E-state index contributed by atoms with van der Waals surface area (Å²) in [4.78, 5) is 27.2. The van der Waals surface area contributed by atoms with E-state index >= 15 is 0 Å². The van der Waals surface area contributed by atoms with Crippen molar-refractivity contribution in [1.82, 2.24) is 14.7 Å². The fourth-order valence-corrected chi connectivity index (χ4v) is 5.20. The molecule has 11 heteroatoms. The Kier molecular flexibility index (Phi) is 5.65. The monoisotopic (exact) mass is 477 g/mol. The molecular weight excluding hydrogens is 453 g/mol. The first-order valence-electron chi connectivity index (χ1n) is 10.9. The second-order valence-corrected chi connectivity index (χ2v) is 9.40. The Bertz CT molecular complexity index is 1090. The highest BCUT2D eigenvalue weighted by Gasteiger charge is 2.45. The zero-order valence-corrected chi connectivity index (χ0v) is 18.8. The number of anilines is 2. The largest absolute Gasteiger partial charge is 0.441 e. The molecule has 1 aromatic heterocycles. The molecule has 1 aromatic carbocycles. The number of amides is 2. The number of ether oxygens (including phenoxy) is 2. The molecule has 2 aliphatic heterocycles. The molecule has 0 radical (unpaired) electrons. The van der Waals surface area contributed by atoms with E-state index in [9.17, 15) is 14.0 Å². The van der Waals surface area contributed by atoms with Crippen LogP contribution in [0.5, 0.6) is 0 Å². The number of hydrogen-bond acceptors (Lipinski definition) is 6. The molecule has 0 spiro atoms. The maximum atomic E-state index is 13.5. The predicted octanol–water partition coefficient (Wildman–Crippen LogP) is 3.01. The highest BCUT2D eigenvalue weighted by Crippen LogP contribution is 2.47. The van der Waals surface area contributed by atoms with E-state index < -0.39 is 11.7 Å². The van der Waals surface area contributed by atoms with E-state index in [0.717, 1.165) is 12.8 Å². The number of hydrogen-bond donors (Lipinski definition) is 2. The minimum Gasteiger partial charge on any atom is -0.441 e. The summed E-state index contributed by atoms with van der Waals surface area (Å²) in [5.41, 5.74) is 7.54. The molecule has 2 saturated heterocycles. The zero-order chi connectivity index (χ0) is 23.3. The summed E-state index contributed by atoms with van der Waals surface area (Å²) >= 11 is 5.83. The molecule has 5 rings (SSSR count). The Hall–Kier alpha value is -2.85. The number of likely N-dealkylation sites (tertiary alicyclic amines) is 1. The third-order valence-electron chi connectivity index (χ3n) is 6.79. The van der Waals surface area contributed by atoms with Crippen LogP contribution in [-0.4, -0.2) is 59.1 Å². The lowest BCUT2D eigenvalue weighted by molar-refractivity contribution is -0.104. The molecule has 0 bridgehead atoms. The SMILES string of the molecule is Cn1nc(C2CC3CN(C(=O)OC4COC4)CC3C2)c(C(=O)Nc2ccc(F)c(Cl)c2)c1N. The Morgan fingerprint density at radius 3 is 2.58 bits per heavy atom. The van der Waals surface area contributed by atoms with E-state index in [-0.39, 0.29) is 29.0 Å². The van der Waals surface area contributed by atoms with Crippen LogP contribution < -0.4 is 11.1 Å². The van der Waals surface area contributed by atoms with Gasteiger partial charge >= 0.3 is 6.09 Å². The van der Waals surface area contributed by atoms with E-state index in [2.05, 4.69) is 10.4 Å². The third kappa shape index (κ3) is 4.13. The van der Waals surface area contributed by atoms with Crippen molar-refractivity contribution < 1.29 is 23.5 Å². The number of carbonyl (C=O) groups is 2. The van der Waals surface area contributed by atoms with Crippen LogP contribution in [0.4, 0.5) is 20.7 Å². The van der Waals surface area contributed by atoms with Gasteiger partial charge in [-0.25, -0.2) is 9.18 Å². The van der Waals surface area contributed by atoms with Crippen LogP contribution in [0, 0.1) is 17.7 Å². The van der Waals surface area contributed by atoms with Crippen LogP contribution in [0.3, 0.4) is 0 Å². The minimum absolute atomic E-state index is 0.0549. The van der Waals surface area contributed by atoms with Gasteiger partial charge in [0.05, 0.1) is 23.9 Å². The van der Waals surface area contributed by atoms with Crippen molar-refractivity contribution in [3.05, 3.63) is 40.3 Å². The molecule has 33 heavy (non-hydrogen) atoms. The summed E-state index contributed by atoms with van der Waals surface area (Å²) in [7, 11) is 1.70. The lowest BCUT2D eigenvalue weighted by atomic mass is 9.97. The molecule has 9 nitrogen and oxygen atoms in total. The number of rotatable bonds is 4. The van der Waals surface area contributed by atoms with Crippen LogP contribution >= 0.6 is 11.6 Å². The number of benzene rings is 1. The first-order chi connectivity index (χ1) is 15.8. The number of fused-ring (bicyclic) bond motifs is 1. The van der Waals surface area contributed by atoms with Crippen LogP contribution in [0.2, 0.25) is 5.02 Å². The minimum atomic E-state index is -0.562. The maximum absolute atomic E-state index is 13.5. The van der Waals surface area contributed by atoms with Crippen LogP contribution in [-0.2, 0) is 16.5 Å². The third-order valence-corrected chi connectivity index (χ3v) is 7.08. The lowest BCUT2D eigenvalue weighted by Crippen LogP contribution is -2.42. The van der Waals surface area contributed by atoms with Crippen LogP contribution in [0.1, 0.15) is 34.8 Å². The summed E-state index contributed by atoms with van der Waals surface area (Å²) in [5.74, 6) is -0.0265. The Balaban J connectivity index is 1.28. The summed E-state index contributed by atoms with van der Waals surface area (Å²) in [5, 5.41) is 7.21. The van der Waals surface area contributed by atoms with Crippen molar-refractivity contribution >= 4 is 35.1 Å². The van der Waals surface area contributed by atoms with Crippen molar-refractivity contribution in [3.63, 3.8) is 0 Å². The Morgan fingerprint density at radius 2 is 1.97 bits per heavy atom. The second-order valence-electron chi connectivity index (χ2n) is 8.99. The van der Waals surface area contributed by atoms with E-state index in [0.29, 0.717) is 55.1 Å². The average molecular weight is 478 g/mol. The Labute approximate surface area is 194 Å². The number of carbonyl (C=O) groups excluding carboxylic acids is 2. The van der Waals surface area contributed by atoms with E-state index in [1.807, 2.05) is 0 Å². The molecule has 2 unspecified atom stereocenters. The van der Waals surface area contributed by atoms with Gasteiger partial charge in [0.1, 0.15) is 17.2 Å². The number of nitrogens with one attached hydrogen (secondary N) is 1. The van der Waals surface area contributed by atoms with E-state index in [4.69, 9.17) is 26.8 Å². The normalized spacial score (nSPS) is 24.5. The maximum Gasteiger partial charge on any atom is 0.410 e. The van der Waals surface area contributed by atoms with Gasteiger partial charge in [0.15, 0.2) is 6.10 Å². The van der Waals surface area contributed by atoms with Crippen LogP contribution in [0.15, 0.2) is 18.2 Å². The topological polar surface area (TPSA) is 112 Å². The van der Waals surface area contributed by atoms with E-state index in [1.54, 1.807) is 11.9 Å². The molecule has 3 fully saturated rings. The van der Waals surface area contributed by atoms with Gasteiger partial charge in [0, 0.05) is 31.7 Å². The lowest BCUT2D eigenvalue weighted by Gasteiger charge is -2.28. The number of nitrogens with two attached hydrogens (primary N) is 1. The fraction of sp³-hybridized carbons (Fsp3) is 0.500. The van der Waals surface area contributed by atoms with Crippen LogP contribution in [0.25, 0.3) is 0 Å². The standard InChI is InChI=1S/C22H25ClFN5O4/c1-28-20(25)18(21(30)26-14-2-3-17(24)16(23)6-14)19(27-28)11-4-12-7-29(8-13(12)5-11)22(31)33-15-9-32-10-15/h2-3,6,11-13,15H,4-5,7-10,25H2,1H3,(H,26,30). The van der Waals surface area contributed by atoms with Gasteiger partial charge in [-0.2, -0.15) is 5.10 Å². The number of nitrogens with zero attached hydrogens (tertiary/aromatic N) is 3. The summed E-state index contributed by atoms with van der Waals surface area (Å²) in [6.45, 7) is 2.19. The molecule has 176 valence electrons. The fourth-order valence-electron chi connectivity index (χ4n) is 5.02. The van der Waals surface area contributed by atoms with Crippen molar-refractivity contribution in [3.8, 4) is 0 Å². The molecule has 3 N–H and O–H groups in total. The molecular formula is C22H25ClFN5O4. The molecule has 3 heterocycles. The molecule has 1 saturated carbocycles. The first-order valence-corrected chi connectivity index (χ1v) is 11.3. The summed E-state index contributed by atoms with van der Waals surface area (Å²) in [6.07, 6.45) is 1.19. The van der Waals surface area contributed by atoms with E-state index in [1.165, 1.54) is 22.9 Å². The average Bonchev–Trinajstić information content (AvgIpc) is 3.39. The highest BCUT2D eigenvalue weighted by atomic mass is 35.5. The summed E-state index contributed by atoms with van der Waals surface area (Å²) < 4.78 is 25.4. The highest BCUT2D eigenvalue weighted by molar-refractivity contribution is 6.31. The first kappa shape index (κ1) is 22.0. The predicted molar refractivity (Wildman–Crippen MR) is 119 cm³/mol. The van der Waals surface area contributed by atoms with Gasteiger partial charge in [-0.1, -0.05) is 11.6 Å². The van der Waals surface area contributed by atoms with Gasteiger partial charge in [-0.3, -0.25) is 9.48 Å². The zero-order valence-electron chi connectivity index (χ0n) is 18.1. The van der Waals surface area contributed by atoms with Gasteiger partial charge in [0.25, 0.3) is 5.91 Å². The smallest absolute Gasteiger partial charge is 0.410 e. The number of aryl methyl sites for hydroxylation is 1. The van der Waals surface area contributed by atoms with Crippen molar-refractivity contribution in [2.75, 3.05) is 37.4 Å². The number of halogens is 2. The second kappa shape index (κ2) is 8.49.